The minimum Gasteiger partial charge on any atom is -0.351 e. The topological polar surface area (TPSA) is 64.7 Å². The Balaban J connectivity index is 1.38. The molecule has 1 amide bonds. The lowest BCUT2D eigenvalue weighted by Gasteiger charge is -2.12. The molecular formula is C25H23N5O. The molecule has 1 N–H and O–H groups in total. The Morgan fingerprint density at radius 3 is 2.68 bits per heavy atom. The average molecular weight is 409 g/mol. The number of hydrogen-bond acceptors (Lipinski definition) is 3. The van der Waals surface area contributed by atoms with Crippen molar-refractivity contribution in [3.8, 4) is 0 Å². The standard InChI is InChI=1S/C25H23N5O/c31-25(27-12-5-14-29-15-13-26-18-29)24-16-20-7-2-4-9-23(20)30(24)17-21-11-10-19-6-1-3-8-22(19)28-21/h1-4,6-11,13,15-16,18H,5,12,14,17H2,(H,27,31). The van der Waals surface area contributed by atoms with Crippen molar-refractivity contribution in [1.82, 2.24) is 24.4 Å². The van der Waals surface area contributed by atoms with Gasteiger partial charge in [0.25, 0.3) is 5.91 Å². The van der Waals surface area contributed by atoms with Crippen molar-refractivity contribution in [3.05, 3.63) is 96.8 Å². The molecule has 0 saturated heterocycles. The molecule has 31 heavy (non-hydrogen) atoms. The fourth-order valence-electron chi connectivity index (χ4n) is 3.90. The highest BCUT2D eigenvalue weighted by Gasteiger charge is 2.16. The predicted octanol–water partition coefficient (Wildman–Crippen LogP) is 4.25. The van der Waals surface area contributed by atoms with Crippen LogP contribution in [-0.2, 0) is 13.1 Å². The molecule has 154 valence electrons. The molecule has 0 radical (unpaired) electrons. The normalized spacial score (nSPS) is 11.2. The van der Waals surface area contributed by atoms with Crippen LogP contribution in [0.4, 0.5) is 0 Å². The van der Waals surface area contributed by atoms with Crippen molar-refractivity contribution >= 4 is 27.7 Å². The second kappa shape index (κ2) is 8.44. The van der Waals surface area contributed by atoms with Gasteiger partial charge in [-0.3, -0.25) is 9.78 Å². The number of aryl methyl sites for hydroxylation is 1. The second-order valence-electron chi connectivity index (χ2n) is 7.58. The average Bonchev–Trinajstić information content (AvgIpc) is 3.45. The molecule has 0 spiro atoms. The fraction of sp³-hybridized carbons (Fsp3) is 0.160. The molecule has 5 aromatic rings. The van der Waals surface area contributed by atoms with E-state index in [1.165, 1.54) is 0 Å². The molecule has 0 saturated carbocycles. The van der Waals surface area contributed by atoms with Crippen molar-refractivity contribution in [2.24, 2.45) is 0 Å². The van der Waals surface area contributed by atoms with Gasteiger partial charge in [-0.05, 0) is 30.7 Å². The van der Waals surface area contributed by atoms with E-state index >= 15 is 0 Å². The minimum absolute atomic E-state index is 0.0670. The van der Waals surface area contributed by atoms with Crippen molar-refractivity contribution < 1.29 is 4.79 Å². The number of aromatic nitrogens is 4. The smallest absolute Gasteiger partial charge is 0.267 e. The maximum Gasteiger partial charge on any atom is 0.267 e. The highest BCUT2D eigenvalue weighted by Crippen LogP contribution is 2.22. The Morgan fingerprint density at radius 1 is 0.968 bits per heavy atom. The summed E-state index contributed by atoms with van der Waals surface area (Å²) in [6.07, 6.45) is 6.32. The fourth-order valence-corrected chi connectivity index (χ4v) is 3.90. The van der Waals surface area contributed by atoms with Crippen LogP contribution in [0.15, 0.2) is 85.5 Å². The lowest BCUT2D eigenvalue weighted by molar-refractivity contribution is 0.0944. The summed E-state index contributed by atoms with van der Waals surface area (Å²) in [5.41, 5.74) is 3.57. The number of para-hydroxylation sites is 2. The molecule has 3 aromatic heterocycles. The van der Waals surface area contributed by atoms with Crippen LogP contribution in [0.5, 0.6) is 0 Å². The summed E-state index contributed by atoms with van der Waals surface area (Å²) in [5.74, 6) is -0.0670. The van der Waals surface area contributed by atoms with Crippen LogP contribution in [-0.4, -0.2) is 31.6 Å². The van der Waals surface area contributed by atoms with Gasteiger partial charge in [0.1, 0.15) is 5.69 Å². The third-order valence-electron chi connectivity index (χ3n) is 5.46. The highest BCUT2D eigenvalue weighted by atomic mass is 16.1. The van der Waals surface area contributed by atoms with E-state index in [0.717, 1.165) is 40.5 Å². The Hall–Kier alpha value is -3.93. The lowest BCUT2D eigenvalue weighted by Crippen LogP contribution is -2.27. The summed E-state index contributed by atoms with van der Waals surface area (Å²) in [5, 5.41) is 5.22. The number of imidazole rings is 1. The maximum absolute atomic E-state index is 13.0. The zero-order valence-corrected chi connectivity index (χ0v) is 17.1. The highest BCUT2D eigenvalue weighted by molar-refractivity contribution is 5.98. The Bertz CT molecular complexity index is 1340. The van der Waals surface area contributed by atoms with Crippen molar-refractivity contribution in [2.75, 3.05) is 6.54 Å². The first kappa shape index (κ1) is 19.1. The first-order valence-electron chi connectivity index (χ1n) is 10.4. The lowest BCUT2D eigenvalue weighted by atomic mass is 10.2. The van der Waals surface area contributed by atoms with Gasteiger partial charge in [0.2, 0.25) is 0 Å². The molecule has 5 rings (SSSR count). The van der Waals surface area contributed by atoms with Gasteiger partial charge in [-0.15, -0.1) is 0 Å². The summed E-state index contributed by atoms with van der Waals surface area (Å²) in [7, 11) is 0. The first-order chi connectivity index (χ1) is 15.3. The molecule has 2 aromatic carbocycles. The quantitative estimate of drug-likeness (QED) is 0.409. The Labute approximate surface area is 180 Å². The van der Waals surface area contributed by atoms with Gasteiger partial charge in [-0.2, -0.15) is 0 Å². The van der Waals surface area contributed by atoms with Crippen molar-refractivity contribution in [2.45, 2.75) is 19.5 Å². The van der Waals surface area contributed by atoms with Crippen molar-refractivity contribution in [1.29, 1.82) is 0 Å². The Kier molecular flexibility index (Phi) is 5.19. The molecule has 0 atom stereocenters. The maximum atomic E-state index is 13.0. The third-order valence-corrected chi connectivity index (χ3v) is 5.46. The van der Waals surface area contributed by atoms with Crippen LogP contribution in [0.25, 0.3) is 21.8 Å². The number of rotatable bonds is 7. The SMILES string of the molecule is O=C(NCCCn1ccnc1)c1cc2ccccc2n1Cc1ccc2ccccc2n1. The molecule has 0 aliphatic rings. The van der Waals surface area contributed by atoms with Crippen LogP contribution in [0.1, 0.15) is 22.6 Å². The van der Waals surface area contributed by atoms with E-state index in [0.29, 0.717) is 18.8 Å². The van der Waals surface area contributed by atoms with E-state index in [2.05, 4.69) is 27.0 Å². The van der Waals surface area contributed by atoms with Gasteiger partial charge in [0, 0.05) is 41.8 Å². The molecule has 0 bridgehead atoms. The number of hydrogen-bond donors (Lipinski definition) is 1. The van der Waals surface area contributed by atoms with E-state index < -0.39 is 0 Å². The number of amides is 1. The second-order valence-corrected chi connectivity index (χ2v) is 7.58. The molecule has 0 aliphatic heterocycles. The molecule has 0 aliphatic carbocycles. The predicted molar refractivity (Wildman–Crippen MR) is 122 cm³/mol. The molecule has 0 unspecified atom stereocenters. The van der Waals surface area contributed by atoms with Gasteiger partial charge in [-0.1, -0.05) is 42.5 Å². The van der Waals surface area contributed by atoms with E-state index in [1.807, 2.05) is 65.4 Å². The van der Waals surface area contributed by atoms with Crippen LogP contribution in [0.2, 0.25) is 0 Å². The number of fused-ring (bicyclic) bond motifs is 2. The van der Waals surface area contributed by atoms with Crippen LogP contribution in [0, 0.1) is 0 Å². The number of benzene rings is 2. The van der Waals surface area contributed by atoms with Gasteiger partial charge < -0.3 is 14.5 Å². The Morgan fingerprint density at radius 2 is 1.81 bits per heavy atom. The van der Waals surface area contributed by atoms with Gasteiger partial charge >= 0.3 is 0 Å². The van der Waals surface area contributed by atoms with Crippen molar-refractivity contribution in [3.63, 3.8) is 0 Å². The van der Waals surface area contributed by atoms with E-state index in [4.69, 9.17) is 4.98 Å². The zero-order chi connectivity index (χ0) is 21.0. The summed E-state index contributed by atoms with van der Waals surface area (Å²) in [6, 6.07) is 22.2. The van der Waals surface area contributed by atoms with Gasteiger partial charge in [0.05, 0.1) is 24.1 Å². The van der Waals surface area contributed by atoms with Crippen LogP contribution >= 0.6 is 0 Å². The summed E-state index contributed by atoms with van der Waals surface area (Å²) >= 11 is 0. The third kappa shape index (κ3) is 4.05. The zero-order valence-electron chi connectivity index (χ0n) is 17.1. The van der Waals surface area contributed by atoms with Gasteiger partial charge in [-0.25, -0.2) is 4.98 Å². The van der Waals surface area contributed by atoms with Gasteiger partial charge in [0.15, 0.2) is 0 Å². The van der Waals surface area contributed by atoms with Crippen LogP contribution < -0.4 is 5.32 Å². The largest absolute Gasteiger partial charge is 0.351 e. The monoisotopic (exact) mass is 409 g/mol. The minimum atomic E-state index is -0.0670. The molecular weight excluding hydrogens is 386 g/mol. The van der Waals surface area contributed by atoms with E-state index in [9.17, 15) is 4.79 Å². The summed E-state index contributed by atoms with van der Waals surface area (Å²) < 4.78 is 4.06. The number of nitrogens with zero attached hydrogens (tertiary/aromatic N) is 4. The summed E-state index contributed by atoms with van der Waals surface area (Å²) in [4.78, 5) is 21.9. The van der Waals surface area contributed by atoms with Crippen LogP contribution in [0.3, 0.4) is 0 Å². The van der Waals surface area contributed by atoms with E-state index in [-0.39, 0.29) is 5.91 Å². The molecule has 0 fully saturated rings. The first-order valence-corrected chi connectivity index (χ1v) is 10.4. The number of carbonyl (C=O) groups is 1. The summed E-state index contributed by atoms with van der Waals surface area (Å²) in [6.45, 7) is 1.97. The molecule has 3 heterocycles. The van der Waals surface area contributed by atoms with E-state index in [1.54, 1.807) is 12.5 Å². The molecule has 6 nitrogen and oxygen atoms in total. The molecule has 6 heteroatoms. The number of pyridine rings is 1. The number of carbonyl (C=O) groups excluding carboxylic acids is 1. The number of nitrogens with one attached hydrogen (secondary N) is 1.